The number of nitrogens with two attached hydrogens (primary N) is 1. The molecule has 0 aromatic heterocycles. The van der Waals surface area contributed by atoms with Crippen LogP contribution < -0.4 is 5.73 Å². The summed E-state index contributed by atoms with van der Waals surface area (Å²) in [6, 6.07) is 22.8. The number of benzene rings is 3. The molecule has 1 fully saturated rings. The van der Waals surface area contributed by atoms with Gasteiger partial charge < -0.3 is 25.3 Å². The number of fused-ring (bicyclic) bond motifs is 1. The van der Waals surface area contributed by atoms with Crippen LogP contribution in [0.4, 0.5) is 0 Å². The first-order valence-electron chi connectivity index (χ1n) is 15.9. The van der Waals surface area contributed by atoms with Gasteiger partial charge in [0.1, 0.15) is 12.1 Å². The zero-order valence-corrected chi connectivity index (χ0v) is 27.5. The topological polar surface area (TPSA) is 90.2 Å². The van der Waals surface area contributed by atoms with E-state index < -0.39 is 17.6 Å². The van der Waals surface area contributed by atoms with Crippen LogP contribution in [0.2, 0.25) is 0 Å². The van der Waals surface area contributed by atoms with Crippen LogP contribution in [0.25, 0.3) is 10.8 Å². The van der Waals surface area contributed by atoms with Gasteiger partial charge in [-0.05, 0) is 68.1 Å². The SMILES string of the molecule is CN1CCN(C(=O)C(Cc2ccccc2)N(C)C(=O)C(CCc2ccc3ccccc3c2)N(C)C(=O)/C=C/CC(C)(C)N)CC1. The number of nitrogens with zero attached hydrogens (tertiary/aromatic N) is 4. The van der Waals surface area contributed by atoms with E-state index >= 15 is 0 Å². The fourth-order valence-corrected chi connectivity index (χ4v) is 5.77. The third-order valence-electron chi connectivity index (χ3n) is 8.71. The minimum absolute atomic E-state index is 0.0601. The third kappa shape index (κ3) is 9.49. The van der Waals surface area contributed by atoms with E-state index in [1.54, 1.807) is 25.1 Å². The lowest BCUT2D eigenvalue weighted by Crippen LogP contribution is -2.58. The first-order valence-corrected chi connectivity index (χ1v) is 15.9. The lowest BCUT2D eigenvalue weighted by molar-refractivity contribution is -0.150. The van der Waals surface area contributed by atoms with E-state index in [0.717, 1.165) is 35.0 Å². The van der Waals surface area contributed by atoms with Gasteiger partial charge in [0.05, 0.1) is 0 Å². The summed E-state index contributed by atoms with van der Waals surface area (Å²) in [4.78, 5) is 49.0. The Balaban J connectivity index is 1.61. The van der Waals surface area contributed by atoms with Gasteiger partial charge >= 0.3 is 0 Å². The van der Waals surface area contributed by atoms with Crippen LogP contribution in [0.15, 0.2) is 84.9 Å². The first kappa shape index (κ1) is 33.9. The number of rotatable bonds is 12. The summed E-state index contributed by atoms with van der Waals surface area (Å²) >= 11 is 0. The van der Waals surface area contributed by atoms with Crippen molar-refractivity contribution in [2.24, 2.45) is 5.73 Å². The fourth-order valence-electron chi connectivity index (χ4n) is 5.77. The van der Waals surface area contributed by atoms with E-state index in [1.165, 1.54) is 11.0 Å². The Morgan fingerprint density at radius 1 is 0.844 bits per heavy atom. The van der Waals surface area contributed by atoms with Gasteiger partial charge in [-0.2, -0.15) is 0 Å². The molecule has 0 bridgehead atoms. The third-order valence-corrected chi connectivity index (χ3v) is 8.71. The minimum atomic E-state index is -0.761. The van der Waals surface area contributed by atoms with Crippen molar-refractivity contribution in [2.45, 2.75) is 57.2 Å². The maximum atomic E-state index is 14.4. The molecule has 0 saturated carbocycles. The standard InChI is InChI=1S/C37H49N5O3/c1-37(2,38)21-11-16-34(43)40(4)32(20-18-29-17-19-30-14-9-10-15-31(30)26-29)35(44)41(5)33(27-28-12-7-6-8-13-28)36(45)42-24-22-39(3)23-25-42/h6-17,19,26,32-33H,18,20-25,27,38H2,1-5H3/b16-11+. The van der Waals surface area contributed by atoms with Crippen LogP contribution in [0.5, 0.6) is 0 Å². The minimum Gasteiger partial charge on any atom is -0.338 e. The number of amides is 3. The van der Waals surface area contributed by atoms with Gasteiger partial charge in [-0.1, -0.05) is 78.9 Å². The summed E-state index contributed by atoms with van der Waals surface area (Å²) in [6.45, 7) is 6.63. The number of carbonyl (C=O) groups is 3. The maximum Gasteiger partial charge on any atom is 0.246 e. The molecule has 0 radical (unpaired) electrons. The quantitative estimate of drug-likeness (QED) is 0.311. The lowest BCUT2D eigenvalue weighted by Gasteiger charge is -2.39. The van der Waals surface area contributed by atoms with Gasteiger partial charge in [0.25, 0.3) is 0 Å². The van der Waals surface area contributed by atoms with Crippen LogP contribution >= 0.6 is 0 Å². The number of aryl methyl sites for hydroxylation is 1. The summed E-state index contributed by atoms with van der Waals surface area (Å²) in [5.41, 5.74) is 7.73. The summed E-state index contributed by atoms with van der Waals surface area (Å²) in [7, 11) is 5.43. The summed E-state index contributed by atoms with van der Waals surface area (Å²) in [6.07, 6.45) is 5.21. The zero-order chi connectivity index (χ0) is 32.6. The van der Waals surface area contributed by atoms with Gasteiger partial charge in [-0.15, -0.1) is 0 Å². The number of hydrogen-bond acceptors (Lipinski definition) is 5. The summed E-state index contributed by atoms with van der Waals surface area (Å²) in [5, 5.41) is 2.28. The molecule has 2 N–H and O–H groups in total. The fraction of sp³-hybridized carbons (Fsp3) is 0.432. The largest absolute Gasteiger partial charge is 0.338 e. The Morgan fingerprint density at radius 2 is 1.49 bits per heavy atom. The highest BCUT2D eigenvalue weighted by Crippen LogP contribution is 2.21. The molecule has 1 aliphatic rings. The second kappa shape index (κ2) is 15.3. The first-order chi connectivity index (χ1) is 21.4. The Bertz CT molecular complexity index is 1470. The Hall–Kier alpha value is -4.01. The van der Waals surface area contributed by atoms with E-state index in [1.807, 2.05) is 61.2 Å². The summed E-state index contributed by atoms with van der Waals surface area (Å²) in [5.74, 6) is -0.577. The average molecular weight is 612 g/mol. The van der Waals surface area contributed by atoms with Crippen molar-refractivity contribution < 1.29 is 14.4 Å². The summed E-state index contributed by atoms with van der Waals surface area (Å²) < 4.78 is 0. The van der Waals surface area contributed by atoms with Crippen LogP contribution in [-0.2, 0) is 27.2 Å². The highest BCUT2D eigenvalue weighted by atomic mass is 16.2. The van der Waals surface area contributed by atoms with Gasteiger partial charge in [-0.25, -0.2) is 0 Å². The molecule has 2 unspecified atom stereocenters. The second-order valence-electron chi connectivity index (χ2n) is 13.1. The number of carbonyl (C=O) groups excluding carboxylic acids is 3. The van der Waals surface area contributed by atoms with Crippen molar-refractivity contribution >= 4 is 28.5 Å². The second-order valence-corrected chi connectivity index (χ2v) is 13.1. The molecule has 3 aromatic carbocycles. The highest BCUT2D eigenvalue weighted by molar-refractivity contribution is 5.95. The lowest BCUT2D eigenvalue weighted by atomic mass is 9.98. The average Bonchev–Trinajstić information content (AvgIpc) is 3.03. The Kier molecular flexibility index (Phi) is 11.5. The van der Waals surface area contributed by atoms with E-state index in [-0.39, 0.29) is 17.7 Å². The molecule has 0 spiro atoms. The predicted molar refractivity (Wildman–Crippen MR) is 182 cm³/mol. The molecule has 1 aliphatic heterocycles. The number of likely N-dealkylation sites (N-methyl/N-ethyl adjacent to an activating group) is 3. The van der Waals surface area contributed by atoms with Gasteiger partial charge in [0.2, 0.25) is 17.7 Å². The van der Waals surface area contributed by atoms with Crippen LogP contribution in [0, 0.1) is 0 Å². The highest BCUT2D eigenvalue weighted by Gasteiger charge is 2.36. The van der Waals surface area contributed by atoms with Crippen molar-refractivity contribution in [1.29, 1.82) is 0 Å². The molecule has 45 heavy (non-hydrogen) atoms. The van der Waals surface area contributed by atoms with Crippen LogP contribution in [-0.4, -0.2) is 102 Å². The van der Waals surface area contributed by atoms with Crippen molar-refractivity contribution in [3.8, 4) is 0 Å². The maximum absolute atomic E-state index is 14.4. The van der Waals surface area contributed by atoms with E-state index in [4.69, 9.17) is 5.73 Å². The molecular formula is C37H49N5O3. The van der Waals surface area contributed by atoms with Crippen LogP contribution in [0.3, 0.4) is 0 Å². The van der Waals surface area contributed by atoms with Crippen molar-refractivity contribution in [1.82, 2.24) is 19.6 Å². The van der Waals surface area contributed by atoms with Crippen molar-refractivity contribution in [2.75, 3.05) is 47.3 Å². The van der Waals surface area contributed by atoms with Crippen molar-refractivity contribution in [3.05, 3.63) is 96.1 Å². The van der Waals surface area contributed by atoms with Crippen LogP contribution in [0.1, 0.15) is 37.8 Å². The number of piperazine rings is 1. The zero-order valence-electron chi connectivity index (χ0n) is 27.5. The molecule has 240 valence electrons. The van der Waals surface area contributed by atoms with Gasteiger partial charge in [0.15, 0.2) is 0 Å². The number of hydrogen-bond donors (Lipinski definition) is 1. The molecule has 2 atom stereocenters. The molecule has 8 nitrogen and oxygen atoms in total. The normalized spacial score (nSPS) is 15.6. The van der Waals surface area contributed by atoms with E-state index in [9.17, 15) is 14.4 Å². The molecule has 1 heterocycles. The van der Waals surface area contributed by atoms with E-state index in [2.05, 4.69) is 42.3 Å². The molecule has 3 amide bonds. The molecule has 8 heteroatoms. The molecule has 1 saturated heterocycles. The monoisotopic (exact) mass is 611 g/mol. The van der Waals surface area contributed by atoms with Gasteiger partial charge in [0, 0.05) is 52.2 Å². The van der Waals surface area contributed by atoms with Crippen molar-refractivity contribution in [3.63, 3.8) is 0 Å². The van der Waals surface area contributed by atoms with Gasteiger partial charge in [-0.3, -0.25) is 14.4 Å². The molecule has 4 rings (SSSR count). The molecular weight excluding hydrogens is 562 g/mol. The Labute approximate surface area is 268 Å². The van der Waals surface area contributed by atoms with E-state index in [0.29, 0.717) is 38.8 Å². The smallest absolute Gasteiger partial charge is 0.246 e. The molecule has 3 aromatic rings. The molecule has 0 aliphatic carbocycles. The predicted octanol–water partition coefficient (Wildman–Crippen LogP) is 4.13. The Morgan fingerprint density at radius 3 is 2.16 bits per heavy atom.